The fourth-order valence-electron chi connectivity index (χ4n) is 1.29. The standard InChI is InChI=1S/C8H13NO/c1-8(10)9-6-4-2-3-5-7-9/h1H,2-7H2. The first-order valence-electron chi connectivity index (χ1n) is 3.85. The van der Waals surface area contributed by atoms with Crippen molar-refractivity contribution in [2.24, 2.45) is 0 Å². The van der Waals surface area contributed by atoms with Crippen molar-refractivity contribution in [3.8, 4) is 0 Å². The number of hydrogen-bond donors (Lipinski definition) is 0. The average Bonchev–Trinajstić information content (AvgIpc) is 2.12. The minimum atomic E-state index is -0.262. The first-order valence-corrected chi connectivity index (χ1v) is 3.85. The summed E-state index contributed by atoms with van der Waals surface area (Å²) in [7, 11) is 0. The van der Waals surface area contributed by atoms with Crippen LogP contribution in [0.3, 0.4) is 0 Å². The molecule has 0 aliphatic carbocycles. The Morgan fingerprint density at radius 2 is 1.60 bits per heavy atom. The van der Waals surface area contributed by atoms with Crippen LogP contribution in [0, 0.1) is 6.92 Å². The van der Waals surface area contributed by atoms with E-state index in [-0.39, 0.29) is 5.91 Å². The lowest BCUT2D eigenvalue weighted by Crippen LogP contribution is -2.29. The third-order valence-electron chi connectivity index (χ3n) is 1.92. The van der Waals surface area contributed by atoms with Gasteiger partial charge in [-0.15, -0.1) is 0 Å². The van der Waals surface area contributed by atoms with Crippen molar-refractivity contribution >= 4 is 5.91 Å². The molecule has 1 heterocycles. The minimum absolute atomic E-state index is 0.262. The number of likely N-dealkylation sites (tertiary alicyclic amines) is 1. The summed E-state index contributed by atoms with van der Waals surface area (Å²) in [6.45, 7) is 6.84. The molecule has 1 aliphatic heterocycles. The van der Waals surface area contributed by atoms with Crippen molar-refractivity contribution < 1.29 is 4.79 Å². The molecular formula is C8H13NO. The van der Waals surface area contributed by atoms with Gasteiger partial charge in [-0.3, -0.25) is 4.79 Å². The molecule has 0 spiro atoms. The Balaban J connectivity index is 2.35. The molecule has 2 nitrogen and oxygen atoms in total. The SMILES string of the molecule is [CH]C(=O)N1CCCCCC1. The molecule has 0 atom stereocenters. The molecular weight excluding hydrogens is 126 g/mol. The summed E-state index contributed by atoms with van der Waals surface area (Å²) in [6.07, 6.45) is 4.71. The predicted octanol–water partition coefficient (Wildman–Crippen LogP) is 1.10. The molecule has 0 aromatic heterocycles. The third kappa shape index (κ3) is 2.01. The highest BCUT2D eigenvalue weighted by molar-refractivity contribution is 5.80. The molecule has 0 aromatic carbocycles. The van der Waals surface area contributed by atoms with E-state index in [0.29, 0.717) is 0 Å². The molecule has 2 heteroatoms. The quantitative estimate of drug-likeness (QED) is 0.492. The lowest BCUT2D eigenvalue weighted by Gasteiger charge is -2.16. The molecule has 0 N–H and O–H groups in total. The van der Waals surface area contributed by atoms with Gasteiger partial charge in [-0.05, 0) is 12.8 Å². The van der Waals surface area contributed by atoms with Crippen molar-refractivity contribution in [3.05, 3.63) is 6.92 Å². The second-order valence-electron chi connectivity index (χ2n) is 2.74. The van der Waals surface area contributed by atoms with Crippen LogP contribution in [0.5, 0.6) is 0 Å². The van der Waals surface area contributed by atoms with E-state index in [1.54, 1.807) is 4.90 Å². The summed E-state index contributed by atoms with van der Waals surface area (Å²) in [5.74, 6) is -0.262. The van der Waals surface area contributed by atoms with Gasteiger partial charge in [-0.2, -0.15) is 0 Å². The van der Waals surface area contributed by atoms with Crippen LogP contribution in [0.2, 0.25) is 0 Å². The van der Waals surface area contributed by atoms with Gasteiger partial charge in [-0.1, -0.05) is 12.8 Å². The highest BCUT2D eigenvalue weighted by atomic mass is 16.2. The van der Waals surface area contributed by atoms with Crippen molar-refractivity contribution in [2.45, 2.75) is 25.7 Å². The molecule has 1 fully saturated rings. The van der Waals surface area contributed by atoms with Gasteiger partial charge in [-0.25, -0.2) is 0 Å². The van der Waals surface area contributed by atoms with E-state index < -0.39 is 0 Å². The lowest BCUT2D eigenvalue weighted by molar-refractivity contribution is -0.126. The second-order valence-corrected chi connectivity index (χ2v) is 2.74. The Labute approximate surface area is 62.2 Å². The molecule has 10 heavy (non-hydrogen) atoms. The van der Waals surface area contributed by atoms with Crippen LogP contribution >= 0.6 is 0 Å². The molecule has 0 bridgehead atoms. The molecule has 1 saturated heterocycles. The van der Waals surface area contributed by atoms with Gasteiger partial charge < -0.3 is 4.90 Å². The highest BCUT2D eigenvalue weighted by Gasteiger charge is 2.10. The predicted molar refractivity (Wildman–Crippen MR) is 39.3 cm³/mol. The Hall–Kier alpha value is -0.530. The van der Waals surface area contributed by atoms with Crippen LogP contribution in [0.1, 0.15) is 25.7 Å². The van der Waals surface area contributed by atoms with Gasteiger partial charge in [0.1, 0.15) is 0 Å². The Kier molecular flexibility index (Phi) is 2.72. The molecule has 1 rings (SSSR count). The zero-order valence-corrected chi connectivity index (χ0v) is 6.18. The van der Waals surface area contributed by atoms with Gasteiger partial charge >= 0.3 is 0 Å². The van der Waals surface area contributed by atoms with E-state index in [1.807, 2.05) is 0 Å². The van der Waals surface area contributed by atoms with Gasteiger partial charge in [0.2, 0.25) is 5.91 Å². The average molecular weight is 139 g/mol. The molecule has 0 unspecified atom stereocenters. The Morgan fingerprint density at radius 1 is 1.10 bits per heavy atom. The number of hydrogen-bond acceptors (Lipinski definition) is 1. The topological polar surface area (TPSA) is 20.3 Å². The van der Waals surface area contributed by atoms with E-state index in [0.717, 1.165) is 25.9 Å². The zero-order valence-electron chi connectivity index (χ0n) is 6.18. The highest BCUT2D eigenvalue weighted by Crippen LogP contribution is 2.08. The van der Waals surface area contributed by atoms with E-state index in [2.05, 4.69) is 0 Å². The Morgan fingerprint density at radius 3 is 2.00 bits per heavy atom. The summed E-state index contributed by atoms with van der Waals surface area (Å²) >= 11 is 0. The van der Waals surface area contributed by atoms with Gasteiger partial charge in [0, 0.05) is 13.1 Å². The third-order valence-corrected chi connectivity index (χ3v) is 1.92. The van der Waals surface area contributed by atoms with E-state index >= 15 is 0 Å². The fourth-order valence-corrected chi connectivity index (χ4v) is 1.29. The summed E-state index contributed by atoms with van der Waals surface area (Å²) in [4.78, 5) is 12.4. The van der Waals surface area contributed by atoms with Crippen molar-refractivity contribution in [2.75, 3.05) is 13.1 Å². The van der Waals surface area contributed by atoms with Crippen LogP contribution in [0.25, 0.3) is 0 Å². The molecule has 0 aromatic rings. The minimum Gasteiger partial charge on any atom is -0.342 e. The van der Waals surface area contributed by atoms with Crippen LogP contribution in [-0.2, 0) is 4.79 Å². The first-order chi connectivity index (χ1) is 4.80. The Bertz CT molecular complexity index is 114. The van der Waals surface area contributed by atoms with Gasteiger partial charge in [0.05, 0.1) is 6.92 Å². The van der Waals surface area contributed by atoms with Crippen molar-refractivity contribution in [1.29, 1.82) is 0 Å². The summed E-state index contributed by atoms with van der Waals surface area (Å²) in [5, 5.41) is 0. The number of carbonyl (C=O) groups is 1. The number of carbonyl (C=O) groups excluding carboxylic acids is 1. The van der Waals surface area contributed by atoms with Crippen molar-refractivity contribution in [3.63, 3.8) is 0 Å². The second kappa shape index (κ2) is 3.59. The molecule has 0 saturated carbocycles. The van der Waals surface area contributed by atoms with Crippen LogP contribution < -0.4 is 0 Å². The van der Waals surface area contributed by atoms with E-state index in [9.17, 15) is 4.79 Å². The zero-order chi connectivity index (χ0) is 7.40. The van der Waals surface area contributed by atoms with Gasteiger partial charge in [0.15, 0.2) is 0 Å². The van der Waals surface area contributed by atoms with Crippen LogP contribution in [0.15, 0.2) is 0 Å². The summed E-state index contributed by atoms with van der Waals surface area (Å²) < 4.78 is 0. The molecule has 56 valence electrons. The molecule has 2 radical (unpaired) electrons. The maximum absolute atomic E-state index is 10.7. The molecule has 1 aliphatic rings. The van der Waals surface area contributed by atoms with Crippen molar-refractivity contribution in [1.82, 2.24) is 4.90 Å². The number of nitrogens with zero attached hydrogens (tertiary/aromatic N) is 1. The molecule has 1 amide bonds. The summed E-state index contributed by atoms with van der Waals surface area (Å²) in [5.41, 5.74) is 0. The monoisotopic (exact) mass is 139 g/mol. The number of rotatable bonds is 0. The van der Waals surface area contributed by atoms with Crippen LogP contribution in [0.4, 0.5) is 0 Å². The smallest absolute Gasteiger partial charge is 0.227 e. The van der Waals surface area contributed by atoms with Crippen LogP contribution in [-0.4, -0.2) is 23.9 Å². The fraction of sp³-hybridized carbons (Fsp3) is 0.750. The maximum atomic E-state index is 10.7. The summed E-state index contributed by atoms with van der Waals surface area (Å²) in [6, 6.07) is 0. The van der Waals surface area contributed by atoms with Gasteiger partial charge in [0.25, 0.3) is 0 Å². The first kappa shape index (κ1) is 7.58. The largest absolute Gasteiger partial charge is 0.342 e. The normalized spacial score (nSPS) is 20.3. The van der Waals surface area contributed by atoms with E-state index in [1.165, 1.54) is 12.8 Å². The lowest BCUT2D eigenvalue weighted by atomic mass is 10.2. The maximum Gasteiger partial charge on any atom is 0.227 e. The van der Waals surface area contributed by atoms with E-state index in [4.69, 9.17) is 6.92 Å². The number of amides is 1.